The summed E-state index contributed by atoms with van der Waals surface area (Å²) in [5.41, 5.74) is 11.1. The van der Waals surface area contributed by atoms with Crippen LogP contribution in [-0.2, 0) is 17.9 Å². The molecular formula is C23H25N5O2. The maximum atomic E-state index is 13.3. The molecule has 2 aromatic carbocycles. The number of H-pyrrole nitrogens is 1. The van der Waals surface area contributed by atoms with E-state index in [0.717, 1.165) is 28.1 Å². The first kappa shape index (κ1) is 19.8. The molecule has 7 nitrogen and oxygen atoms in total. The van der Waals surface area contributed by atoms with Crippen LogP contribution in [0.2, 0.25) is 0 Å². The highest BCUT2D eigenvalue weighted by Gasteiger charge is 2.32. The molecule has 0 spiro atoms. The predicted molar refractivity (Wildman–Crippen MR) is 115 cm³/mol. The fourth-order valence-electron chi connectivity index (χ4n) is 3.96. The Hall–Kier alpha value is -3.45. The molecule has 0 saturated carbocycles. The quantitative estimate of drug-likeness (QED) is 0.588. The van der Waals surface area contributed by atoms with E-state index in [1.807, 2.05) is 47.4 Å². The van der Waals surface area contributed by atoms with Crippen molar-refractivity contribution in [1.29, 1.82) is 0 Å². The molecule has 0 bridgehead atoms. The summed E-state index contributed by atoms with van der Waals surface area (Å²) in [6, 6.07) is 17.1. The molecule has 3 aromatic rings. The van der Waals surface area contributed by atoms with Gasteiger partial charge in [-0.15, -0.1) is 0 Å². The molecule has 30 heavy (non-hydrogen) atoms. The number of aromatic nitrogens is 2. The van der Waals surface area contributed by atoms with E-state index in [1.54, 1.807) is 19.2 Å². The van der Waals surface area contributed by atoms with Gasteiger partial charge in [-0.1, -0.05) is 42.5 Å². The third-order valence-electron chi connectivity index (χ3n) is 5.57. The lowest BCUT2D eigenvalue weighted by molar-refractivity contribution is -0.133. The Kier molecular flexibility index (Phi) is 5.63. The van der Waals surface area contributed by atoms with E-state index in [9.17, 15) is 9.59 Å². The summed E-state index contributed by atoms with van der Waals surface area (Å²) in [6.45, 7) is 1.46. The summed E-state index contributed by atoms with van der Waals surface area (Å²) in [6.07, 6.45) is 0.610. The minimum Gasteiger partial charge on any atom is -0.355 e. The van der Waals surface area contributed by atoms with Crippen molar-refractivity contribution in [3.63, 3.8) is 0 Å². The normalized spacial score (nSPS) is 13.7. The number of nitrogens with zero attached hydrogens (tertiary/aromatic N) is 2. The van der Waals surface area contributed by atoms with Crippen LogP contribution in [0.1, 0.15) is 39.5 Å². The van der Waals surface area contributed by atoms with Crippen LogP contribution in [0.15, 0.2) is 54.6 Å². The Bertz CT molecular complexity index is 1040. The van der Waals surface area contributed by atoms with Gasteiger partial charge in [-0.05, 0) is 30.7 Å². The fraction of sp³-hybridized carbons (Fsp3) is 0.261. The average molecular weight is 403 g/mol. The number of amides is 2. The molecule has 1 atom stereocenters. The first-order valence-corrected chi connectivity index (χ1v) is 10.0. The van der Waals surface area contributed by atoms with E-state index >= 15 is 0 Å². The second-order valence-corrected chi connectivity index (χ2v) is 7.42. The Balaban J connectivity index is 1.55. The van der Waals surface area contributed by atoms with Crippen molar-refractivity contribution in [2.45, 2.75) is 25.4 Å². The number of benzene rings is 2. The molecule has 1 aliphatic rings. The number of nitrogens with one attached hydrogen (secondary N) is 2. The zero-order chi connectivity index (χ0) is 21.1. The molecule has 0 fully saturated rings. The van der Waals surface area contributed by atoms with Gasteiger partial charge in [0, 0.05) is 23.7 Å². The lowest BCUT2D eigenvalue weighted by Crippen LogP contribution is -2.32. The highest BCUT2D eigenvalue weighted by Crippen LogP contribution is 2.33. The zero-order valence-electron chi connectivity index (χ0n) is 16.9. The highest BCUT2D eigenvalue weighted by molar-refractivity contribution is 5.94. The monoisotopic (exact) mass is 403 g/mol. The van der Waals surface area contributed by atoms with Crippen LogP contribution in [0.3, 0.4) is 0 Å². The minimum absolute atomic E-state index is 0.0807. The van der Waals surface area contributed by atoms with Gasteiger partial charge in [-0.3, -0.25) is 14.7 Å². The van der Waals surface area contributed by atoms with Gasteiger partial charge in [-0.2, -0.15) is 5.10 Å². The molecule has 7 heteroatoms. The average Bonchev–Trinajstić information content (AvgIpc) is 3.38. The Morgan fingerprint density at radius 2 is 1.87 bits per heavy atom. The number of rotatable bonds is 6. The Morgan fingerprint density at radius 3 is 2.53 bits per heavy atom. The summed E-state index contributed by atoms with van der Waals surface area (Å²) < 4.78 is 0. The molecule has 2 amide bonds. The van der Waals surface area contributed by atoms with Crippen molar-refractivity contribution in [3.8, 4) is 11.3 Å². The van der Waals surface area contributed by atoms with E-state index in [1.165, 1.54) is 0 Å². The summed E-state index contributed by atoms with van der Waals surface area (Å²) in [5.74, 6) is -0.293. The molecule has 1 aliphatic heterocycles. The van der Waals surface area contributed by atoms with Gasteiger partial charge in [0.05, 0.1) is 30.4 Å². The maximum Gasteiger partial charge on any atom is 0.251 e. The van der Waals surface area contributed by atoms with Crippen LogP contribution in [0.5, 0.6) is 0 Å². The van der Waals surface area contributed by atoms with Crippen molar-refractivity contribution in [2.24, 2.45) is 5.73 Å². The smallest absolute Gasteiger partial charge is 0.251 e. The van der Waals surface area contributed by atoms with E-state index in [-0.39, 0.29) is 17.7 Å². The van der Waals surface area contributed by atoms with E-state index < -0.39 is 0 Å². The highest BCUT2D eigenvalue weighted by atomic mass is 16.2. The van der Waals surface area contributed by atoms with E-state index in [4.69, 9.17) is 5.73 Å². The summed E-state index contributed by atoms with van der Waals surface area (Å²) >= 11 is 0. The van der Waals surface area contributed by atoms with Crippen LogP contribution in [0.4, 0.5) is 0 Å². The van der Waals surface area contributed by atoms with Gasteiger partial charge in [0.15, 0.2) is 0 Å². The number of aromatic amines is 1. The SMILES string of the molecule is CNC(=O)c1ccc(-c2n[nH]c3c2CN(C(=O)C(CCN)c2ccccc2)C3)cc1. The third kappa shape index (κ3) is 3.71. The maximum absolute atomic E-state index is 13.3. The number of carbonyl (C=O) groups is 2. The van der Waals surface area contributed by atoms with E-state index in [2.05, 4.69) is 15.5 Å². The Morgan fingerprint density at radius 1 is 1.13 bits per heavy atom. The standard InChI is InChI=1S/C23H25N5O2/c1-25-22(29)17-9-7-16(8-10-17)21-19-13-28(14-20(19)26-27-21)23(30)18(11-12-24)15-5-3-2-4-6-15/h2-10,18H,11-14,24H2,1H3,(H,25,29)(H,26,27). The predicted octanol–water partition coefficient (Wildman–Crippen LogP) is 2.41. The van der Waals surface area contributed by atoms with Crippen molar-refractivity contribution < 1.29 is 9.59 Å². The molecule has 4 N–H and O–H groups in total. The van der Waals surface area contributed by atoms with Gasteiger partial charge < -0.3 is 16.0 Å². The van der Waals surface area contributed by atoms with Gasteiger partial charge in [0.25, 0.3) is 5.91 Å². The minimum atomic E-state index is -0.247. The molecule has 4 rings (SSSR count). The van der Waals surface area contributed by atoms with Crippen molar-refractivity contribution in [1.82, 2.24) is 20.4 Å². The number of hydrogen-bond acceptors (Lipinski definition) is 4. The largest absolute Gasteiger partial charge is 0.355 e. The lowest BCUT2D eigenvalue weighted by Gasteiger charge is -2.23. The summed E-state index contributed by atoms with van der Waals surface area (Å²) in [4.78, 5) is 26.9. The van der Waals surface area contributed by atoms with E-state index in [0.29, 0.717) is 31.6 Å². The number of carbonyl (C=O) groups excluding carboxylic acids is 2. The first-order chi connectivity index (χ1) is 14.6. The van der Waals surface area contributed by atoms with Crippen molar-refractivity contribution >= 4 is 11.8 Å². The molecule has 2 heterocycles. The zero-order valence-corrected chi connectivity index (χ0v) is 16.9. The lowest BCUT2D eigenvalue weighted by atomic mass is 9.94. The second kappa shape index (κ2) is 8.51. The second-order valence-electron chi connectivity index (χ2n) is 7.42. The van der Waals surface area contributed by atoms with Gasteiger partial charge >= 0.3 is 0 Å². The third-order valence-corrected chi connectivity index (χ3v) is 5.57. The molecule has 0 aliphatic carbocycles. The number of hydrogen-bond donors (Lipinski definition) is 3. The van der Waals surface area contributed by atoms with Crippen LogP contribution in [0.25, 0.3) is 11.3 Å². The van der Waals surface area contributed by atoms with Gasteiger partial charge in [-0.25, -0.2) is 0 Å². The first-order valence-electron chi connectivity index (χ1n) is 10.0. The van der Waals surface area contributed by atoms with Crippen LogP contribution in [-0.4, -0.2) is 40.5 Å². The van der Waals surface area contributed by atoms with Crippen LogP contribution >= 0.6 is 0 Å². The van der Waals surface area contributed by atoms with Gasteiger partial charge in [0.1, 0.15) is 0 Å². The number of fused-ring (bicyclic) bond motifs is 1. The topological polar surface area (TPSA) is 104 Å². The molecule has 154 valence electrons. The summed E-state index contributed by atoms with van der Waals surface area (Å²) in [7, 11) is 1.61. The van der Waals surface area contributed by atoms with Crippen molar-refractivity contribution in [3.05, 3.63) is 77.0 Å². The Labute approximate surface area is 175 Å². The summed E-state index contributed by atoms with van der Waals surface area (Å²) in [5, 5.41) is 10.1. The number of nitrogens with two attached hydrogens (primary N) is 1. The van der Waals surface area contributed by atoms with Crippen LogP contribution in [0, 0.1) is 0 Å². The molecular weight excluding hydrogens is 378 g/mol. The van der Waals surface area contributed by atoms with Crippen LogP contribution < -0.4 is 11.1 Å². The molecule has 0 radical (unpaired) electrons. The molecule has 1 unspecified atom stereocenters. The molecule has 1 aromatic heterocycles. The fourth-order valence-corrected chi connectivity index (χ4v) is 3.96. The van der Waals surface area contributed by atoms with Gasteiger partial charge in [0.2, 0.25) is 5.91 Å². The molecule has 0 saturated heterocycles. The van der Waals surface area contributed by atoms with Crippen molar-refractivity contribution in [2.75, 3.05) is 13.6 Å².